The Kier molecular flexibility index (Phi) is 3.46. The Morgan fingerprint density at radius 1 is 1.22 bits per heavy atom. The van der Waals surface area contributed by atoms with Gasteiger partial charge in [-0.25, -0.2) is 4.68 Å². The molecule has 4 heteroatoms. The van der Waals surface area contributed by atoms with Crippen LogP contribution in [0.2, 0.25) is 0 Å². The molecule has 0 spiro atoms. The van der Waals surface area contributed by atoms with E-state index in [0.717, 1.165) is 17.4 Å². The summed E-state index contributed by atoms with van der Waals surface area (Å²) in [5.41, 5.74) is 5.19. The van der Waals surface area contributed by atoms with E-state index in [1.165, 1.54) is 42.5 Å². The number of benzene rings is 1. The van der Waals surface area contributed by atoms with Crippen molar-refractivity contribution in [3.05, 3.63) is 41.2 Å². The number of hydrogen-bond acceptors (Lipinski definition) is 2. The Labute approximate surface area is 115 Å². The average Bonchev–Trinajstić information content (AvgIpc) is 2.87. The number of aromatic nitrogens is 3. The smallest absolute Gasteiger partial charge is 0.0840 e. The molecule has 0 saturated carbocycles. The van der Waals surface area contributed by atoms with Crippen LogP contribution in [0.5, 0.6) is 0 Å². The van der Waals surface area contributed by atoms with Crippen LogP contribution in [0.3, 0.4) is 0 Å². The van der Waals surface area contributed by atoms with Crippen LogP contribution < -0.4 is 0 Å². The summed E-state index contributed by atoms with van der Waals surface area (Å²) in [5.74, 6) is 0. The number of halogens is 1. The van der Waals surface area contributed by atoms with Crippen LogP contribution in [0.25, 0.3) is 5.69 Å². The summed E-state index contributed by atoms with van der Waals surface area (Å²) in [6, 6.07) is 6.52. The number of rotatable bonds is 3. The third-order valence-corrected chi connectivity index (χ3v) is 3.91. The second kappa shape index (κ2) is 5.22. The lowest BCUT2D eigenvalue weighted by Gasteiger charge is -2.18. The van der Waals surface area contributed by atoms with Crippen molar-refractivity contribution in [1.82, 2.24) is 15.0 Å². The van der Waals surface area contributed by atoms with Crippen molar-refractivity contribution in [1.29, 1.82) is 0 Å². The first-order chi connectivity index (χ1) is 8.88. The van der Waals surface area contributed by atoms with E-state index >= 15 is 0 Å². The monoisotopic (exact) mass is 305 g/mol. The summed E-state index contributed by atoms with van der Waals surface area (Å²) in [7, 11) is 0. The molecule has 3 rings (SSSR count). The van der Waals surface area contributed by atoms with Crippen molar-refractivity contribution in [3.8, 4) is 5.69 Å². The fourth-order valence-electron chi connectivity index (χ4n) is 2.60. The molecule has 1 aliphatic rings. The molecule has 0 saturated heterocycles. The minimum Gasteiger partial charge on any atom is -0.220 e. The van der Waals surface area contributed by atoms with E-state index < -0.39 is 0 Å². The van der Waals surface area contributed by atoms with Gasteiger partial charge < -0.3 is 0 Å². The molecule has 1 aliphatic carbocycles. The highest BCUT2D eigenvalue weighted by molar-refractivity contribution is 9.09. The van der Waals surface area contributed by atoms with Gasteiger partial charge in [-0.2, -0.15) is 0 Å². The van der Waals surface area contributed by atoms with Gasteiger partial charge in [-0.15, -0.1) is 5.10 Å². The lowest BCUT2D eigenvalue weighted by atomic mass is 9.90. The second-order valence-corrected chi connectivity index (χ2v) is 5.51. The zero-order valence-corrected chi connectivity index (χ0v) is 11.9. The molecule has 0 aliphatic heterocycles. The summed E-state index contributed by atoms with van der Waals surface area (Å²) in [4.78, 5) is 0. The van der Waals surface area contributed by atoms with Crippen LogP contribution in [0.15, 0.2) is 24.4 Å². The Bertz CT molecular complexity index is 548. The average molecular weight is 306 g/mol. The Morgan fingerprint density at radius 2 is 2.11 bits per heavy atom. The van der Waals surface area contributed by atoms with E-state index in [2.05, 4.69) is 44.4 Å². The van der Waals surface area contributed by atoms with Crippen LogP contribution in [0, 0.1) is 0 Å². The molecule has 94 valence electrons. The molecular formula is C14H16BrN3. The van der Waals surface area contributed by atoms with Crippen LogP contribution in [0.4, 0.5) is 0 Å². The summed E-state index contributed by atoms with van der Waals surface area (Å²) < 4.78 is 1.93. The molecule has 1 aromatic carbocycles. The largest absolute Gasteiger partial charge is 0.220 e. The highest BCUT2D eigenvalue weighted by Crippen LogP contribution is 2.26. The predicted octanol–water partition coefficient (Wildman–Crippen LogP) is 3.08. The van der Waals surface area contributed by atoms with Gasteiger partial charge >= 0.3 is 0 Å². The zero-order valence-electron chi connectivity index (χ0n) is 10.3. The summed E-state index contributed by atoms with van der Waals surface area (Å²) in [5, 5.41) is 9.40. The van der Waals surface area contributed by atoms with E-state index in [4.69, 9.17) is 0 Å². The predicted molar refractivity (Wildman–Crippen MR) is 75.5 cm³/mol. The summed E-state index contributed by atoms with van der Waals surface area (Å²) >= 11 is 3.43. The van der Waals surface area contributed by atoms with Crippen molar-refractivity contribution in [2.24, 2.45) is 0 Å². The Morgan fingerprint density at radius 3 is 3.00 bits per heavy atom. The molecule has 3 nitrogen and oxygen atoms in total. The van der Waals surface area contributed by atoms with Gasteiger partial charge in [0, 0.05) is 11.8 Å². The topological polar surface area (TPSA) is 30.7 Å². The van der Waals surface area contributed by atoms with Gasteiger partial charge in [-0.3, -0.25) is 0 Å². The first kappa shape index (κ1) is 11.9. The number of aryl methyl sites for hydroxylation is 2. The molecule has 1 heterocycles. The zero-order chi connectivity index (χ0) is 12.4. The lowest BCUT2D eigenvalue weighted by Crippen LogP contribution is -2.08. The fraction of sp³-hybridized carbons (Fsp3) is 0.429. The maximum Gasteiger partial charge on any atom is 0.0840 e. The maximum atomic E-state index is 4.26. The fourth-order valence-corrected chi connectivity index (χ4v) is 3.01. The first-order valence-corrected chi connectivity index (χ1v) is 7.59. The quantitative estimate of drug-likeness (QED) is 0.816. The molecule has 0 bridgehead atoms. The van der Waals surface area contributed by atoms with Crippen molar-refractivity contribution in [3.63, 3.8) is 0 Å². The minimum atomic E-state index is 0.926. The highest BCUT2D eigenvalue weighted by atomic mass is 79.9. The van der Waals surface area contributed by atoms with E-state index in [1.807, 2.05) is 10.9 Å². The molecule has 18 heavy (non-hydrogen) atoms. The summed E-state index contributed by atoms with van der Waals surface area (Å²) in [6.07, 6.45) is 7.93. The molecule has 0 N–H and O–H groups in total. The van der Waals surface area contributed by atoms with Gasteiger partial charge in [-0.1, -0.05) is 33.3 Å². The van der Waals surface area contributed by atoms with Crippen molar-refractivity contribution in [2.75, 3.05) is 5.33 Å². The van der Waals surface area contributed by atoms with Crippen molar-refractivity contribution in [2.45, 2.75) is 32.1 Å². The van der Waals surface area contributed by atoms with Crippen molar-refractivity contribution >= 4 is 15.9 Å². The van der Waals surface area contributed by atoms with E-state index in [0.29, 0.717) is 0 Å². The molecule has 0 amide bonds. The Hall–Kier alpha value is -1.16. The molecule has 0 fully saturated rings. The SMILES string of the molecule is BrCCc1cn(-c2cccc3c2CCCC3)nn1. The third kappa shape index (κ3) is 2.21. The standard InChI is InChI=1S/C14H16BrN3/c15-9-8-12-10-18(17-16-12)14-7-3-5-11-4-1-2-6-13(11)14/h3,5,7,10H,1-2,4,6,8-9H2. The highest BCUT2D eigenvalue weighted by Gasteiger charge is 2.14. The lowest BCUT2D eigenvalue weighted by molar-refractivity contribution is 0.673. The number of alkyl halides is 1. The maximum absolute atomic E-state index is 4.26. The van der Waals surface area contributed by atoms with Gasteiger partial charge in [0.25, 0.3) is 0 Å². The van der Waals surface area contributed by atoms with E-state index in [9.17, 15) is 0 Å². The third-order valence-electron chi connectivity index (χ3n) is 3.51. The number of hydrogen-bond donors (Lipinski definition) is 0. The van der Waals surface area contributed by atoms with Crippen LogP contribution in [-0.4, -0.2) is 20.3 Å². The molecular weight excluding hydrogens is 290 g/mol. The van der Waals surface area contributed by atoms with Crippen LogP contribution >= 0.6 is 15.9 Å². The van der Waals surface area contributed by atoms with Gasteiger partial charge in [0.1, 0.15) is 0 Å². The second-order valence-electron chi connectivity index (χ2n) is 4.72. The number of fused-ring (bicyclic) bond motifs is 1. The minimum absolute atomic E-state index is 0.926. The molecule has 0 atom stereocenters. The van der Waals surface area contributed by atoms with E-state index in [-0.39, 0.29) is 0 Å². The van der Waals surface area contributed by atoms with E-state index in [1.54, 1.807) is 0 Å². The first-order valence-electron chi connectivity index (χ1n) is 6.47. The van der Waals surface area contributed by atoms with Gasteiger partial charge in [-0.05, 0) is 42.9 Å². The van der Waals surface area contributed by atoms with Crippen molar-refractivity contribution < 1.29 is 0 Å². The number of nitrogens with zero attached hydrogens (tertiary/aromatic N) is 3. The molecule has 0 radical (unpaired) electrons. The van der Waals surface area contributed by atoms with Crippen LogP contribution in [0.1, 0.15) is 29.7 Å². The van der Waals surface area contributed by atoms with Gasteiger partial charge in [0.05, 0.1) is 17.6 Å². The van der Waals surface area contributed by atoms with Gasteiger partial charge in [0.15, 0.2) is 0 Å². The normalized spacial score (nSPS) is 14.5. The summed E-state index contributed by atoms with van der Waals surface area (Å²) in [6.45, 7) is 0. The Balaban J connectivity index is 2.00. The molecule has 1 aromatic heterocycles. The molecule has 2 aromatic rings. The van der Waals surface area contributed by atoms with Crippen LogP contribution in [-0.2, 0) is 19.3 Å². The molecule has 0 unspecified atom stereocenters. The van der Waals surface area contributed by atoms with Gasteiger partial charge in [0.2, 0.25) is 0 Å².